The molecule has 0 saturated carbocycles. The first kappa shape index (κ1) is 14.8. The second-order valence-corrected chi connectivity index (χ2v) is 3.86. The highest BCUT2D eigenvalue weighted by atomic mass is 127. The van der Waals surface area contributed by atoms with Gasteiger partial charge in [0.05, 0.1) is 6.07 Å². The molecule has 11 heteroatoms. The first-order valence-electron chi connectivity index (χ1n) is 4.00. The summed E-state index contributed by atoms with van der Waals surface area (Å²) < 4.78 is 63.7. The minimum atomic E-state index is -5.14. The van der Waals surface area contributed by atoms with Crippen molar-refractivity contribution in [2.24, 2.45) is 0 Å². The highest BCUT2D eigenvalue weighted by Crippen LogP contribution is 2.35. The third-order valence-electron chi connectivity index (χ3n) is 1.56. The fraction of sp³-hybridized carbons (Fsp3) is 0.286. The van der Waals surface area contributed by atoms with Gasteiger partial charge in [0.2, 0.25) is 5.69 Å². The molecule has 0 spiro atoms. The first-order valence-corrected chi connectivity index (χ1v) is 5.08. The van der Waals surface area contributed by atoms with Gasteiger partial charge in [-0.2, -0.15) is 0 Å². The Balaban J connectivity index is 3.36. The van der Waals surface area contributed by atoms with Crippen molar-refractivity contribution in [2.45, 2.75) is 12.8 Å². The van der Waals surface area contributed by atoms with Gasteiger partial charge in [-0.15, -0.1) is 13.2 Å². The molecular weight excluding hydrogens is 382 g/mol. The molecule has 0 atom stereocenters. The molecular formula is C7H2F5IN2O3. The molecule has 1 aromatic rings. The van der Waals surface area contributed by atoms with E-state index in [4.69, 9.17) is 0 Å². The molecule has 0 radical (unpaired) electrons. The number of alkyl halides is 5. The Morgan fingerprint density at radius 1 is 1.44 bits per heavy atom. The lowest BCUT2D eigenvalue weighted by Crippen LogP contribution is -2.18. The SMILES string of the molecule is O=[N+]([O-])c1cc(OC(F)(F)F)c(I)c(C(F)F)n1. The number of rotatable bonds is 3. The number of nitrogens with zero attached hydrogens (tertiary/aromatic N) is 2. The summed E-state index contributed by atoms with van der Waals surface area (Å²) in [7, 11) is 0. The predicted molar refractivity (Wildman–Crippen MR) is 55.2 cm³/mol. The summed E-state index contributed by atoms with van der Waals surface area (Å²) in [6, 6.07) is 0.334. The van der Waals surface area contributed by atoms with E-state index in [0.717, 1.165) is 22.6 Å². The van der Waals surface area contributed by atoms with Gasteiger partial charge in [0.15, 0.2) is 5.75 Å². The first-order chi connectivity index (χ1) is 8.11. The molecule has 0 fully saturated rings. The number of ether oxygens (including phenoxy) is 1. The van der Waals surface area contributed by atoms with Crippen LogP contribution in [0.3, 0.4) is 0 Å². The zero-order valence-corrected chi connectivity index (χ0v) is 10.2. The van der Waals surface area contributed by atoms with Gasteiger partial charge in [-0.05, 0) is 32.5 Å². The van der Waals surface area contributed by atoms with E-state index in [-0.39, 0.29) is 0 Å². The van der Waals surface area contributed by atoms with Gasteiger partial charge in [-0.3, -0.25) is 0 Å². The Bertz CT molecular complexity index is 479. The zero-order valence-electron chi connectivity index (χ0n) is 8.04. The number of nitro groups is 1. The lowest BCUT2D eigenvalue weighted by atomic mass is 10.3. The van der Waals surface area contributed by atoms with E-state index >= 15 is 0 Å². The van der Waals surface area contributed by atoms with Crippen molar-refractivity contribution >= 4 is 28.4 Å². The second-order valence-electron chi connectivity index (χ2n) is 2.78. The maximum absolute atomic E-state index is 12.5. The van der Waals surface area contributed by atoms with Crippen molar-refractivity contribution < 1.29 is 31.6 Å². The van der Waals surface area contributed by atoms with E-state index in [1.807, 2.05) is 0 Å². The Labute approximate surface area is 109 Å². The highest BCUT2D eigenvalue weighted by Gasteiger charge is 2.35. The molecule has 0 saturated heterocycles. The molecule has 0 aliphatic heterocycles. The molecule has 0 aliphatic rings. The highest BCUT2D eigenvalue weighted by molar-refractivity contribution is 14.1. The van der Waals surface area contributed by atoms with Crippen LogP contribution in [0.5, 0.6) is 5.75 Å². The monoisotopic (exact) mass is 384 g/mol. The number of pyridine rings is 1. The van der Waals surface area contributed by atoms with Crippen LogP contribution in [0.15, 0.2) is 6.07 Å². The molecule has 0 aromatic carbocycles. The van der Waals surface area contributed by atoms with Crippen LogP contribution < -0.4 is 4.74 Å². The van der Waals surface area contributed by atoms with Crippen molar-refractivity contribution in [1.82, 2.24) is 4.98 Å². The maximum Gasteiger partial charge on any atom is 0.573 e. The lowest BCUT2D eigenvalue weighted by Gasteiger charge is -2.10. The molecule has 18 heavy (non-hydrogen) atoms. The smallest absolute Gasteiger partial charge is 0.404 e. The quantitative estimate of drug-likeness (QED) is 0.347. The van der Waals surface area contributed by atoms with Crippen molar-refractivity contribution in [3.8, 4) is 5.75 Å². The molecule has 1 aromatic heterocycles. The predicted octanol–water partition coefficient (Wildman–Crippen LogP) is 3.43. The average molecular weight is 384 g/mol. The fourth-order valence-electron chi connectivity index (χ4n) is 0.949. The van der Waals surface area contributed by atoms with Crippen molar-refractivity contribution in [3.63, 3.8) is 0 Å². The van der Waals surface area contributed by atoms with E-state index in [9.17, 15) is 32.1 Å². The van der Waals surface area contributed by atoms with Gasteiger partial charge in [0.25, 0.3) is 0 Å². The largest absolute Gasteiger partial charge is 0.573 e. The third kappa shape index (κ3) is 3.61. The Hall–Kier alpha value is -1.27. The van der Waals surface area contributed by atoms with Crippen LogP contribution >= 0.6 is 22.6 Å². The Morgan fingerprint density at radius 3 is 2.39 bits per heavy atom. The van der Waals surface area contributed by atoms with Gasteiger partial charge in [-0.25, -0.2) is 8.78 Å². The van der Waals surface area contributed by atoms with E-state index in [2.05, 4.69) is 9.72 Å². The minimum Gasteiger partial charge on any atom is -0.404 e. The molecule has 1 rings (SSSR count). The van der Waals surface area contributed by atoms with E-state index < -0.39 is 38.5 Å². The molecule has 0 N–H and O–H groups in total. The van der Waals surface area contributed by atoms with Gasteiger partial charge < -0.3 is 14.9 Å². The van der Waals surface area contributed by atoms with Crippen molar-refractivity contribution in [3.05, 3.63) is 25.4 Å². The van der Waals surface area contributed by atoms with Crippen molar-refractivity contribution in [2.75, 3.05) is 0 Å². The van der Waals surface area contributed by atoms with Crippen LogP contribution in [0.1, 0.15) is 12.1 Å². The molecule has 0 aliphatic carbocycles. The van der Waals surface area contributed by atoms with Crippen LogP contribution in [0, 0.1) is 13.7 Å². The maximum atomic E-state index is 12.5. The van der Waals surface area contributed by atoms with Crippen LogP contribution in [-0.2, 0) is 0 Å². The average Bonchev–Trinajstić information content (AvgIpc) is 2.18. The molecule has 0 bridgehead atoms. The fourth-order valence-corrected chi connectivity index (χ4v) is 1.57. The summed E-state index contributed by atoms with van der Waals surface area (Å²) in [5.41, 5.74) is -1.14. The standard InChI is InChI=1S/C7H2F5IN2O3/c8-6(9)5-4(13)2(18-7(10,11)12)1-3(14-5)15(16)17/h1,6H. The van der Waals surface area contributed by atoms with Crippen LogP contribution in [0.25, 0.3) is 0 Å². The molecule has 1 heterocycles. The molecule has 0 amide bonds. The lowest BCUT2D eigenvalue weighted by molar-refractivity contribution is -0.390. The molecule has 100 valence electrons. The summed E-state index contributed by atoms with van der Waals surface area (Å²) in [4.78, 5) is 12.1. The normalized spacial score (nSPS) is 11.7. The summed E-state index contributed by atoms with van der Waals surface area (Å²) in [5.74, 6) is -2.23. The zero-order chi connectivity index (χ0) is 14.1. The van der Waals surface area contributed by atoms with E-state index in [0.29, 0.717) is 6.07 Å². The number of hydrogen-bond acceptors (Lipinski definition) is 4. The topological polar surface area (TPSA) is 65.3 Å². The number of hydrogen-bond donors (Lipinski definition) is 0. The summed E-state index contributed by atoms with van der Waals surface area (Å²) in [5, 5.41) is 10.4. The molecule has 5 nitrogen and oxygen atoms in total. The Kier molecular flexibility index (Phi) is 4.24. The summed E-state index contributed by atoms with van der Waals surface area (Å²) in [6.07, 6.45) is -8.40. The van der Waals surface area contributed by atoms with Gasteiger partial charge in [0, 0.05) is 0 Å². The number of aromatic nitrogens is 1. The van der Waals surface area contributed by atoms with E-state index in [1.54, 1.807) is 0 Å². The van der Waals surface area contributed by atoms with Crippen LogP contribution in [-0.4, -0.2) is 16.3 Å². The van der Waals surface area contributed by atoms with Crippen LogP contribution in [0.2, 0.25) is 0 Å². The van der Waals surface area contributed by atoms with Crippen molar-refractivity contribution in [1.29, 1.82) is 0 Å². The van der Waals surface area contributed by atoms with Gasteiger partial charge in [0.1, 0.15) is 3.57 Å². The minimum absolute atomic E-state index is 0.334. The second kappa shape index (κ2) is 5.16. The summed E-state index contributed by atoms with van der Waals surface area (Å²) in [6.45, 7) is 0. The van der Waals surface area contributed by atoms with Crippen LogP contribution in [0.4, 0.5) is 27.8 Å². The Morgan fingerprint density at radius 2 is 2.00 bits per heavy atom. The molecule has 0 unspecified atom stereocenters. The third-order valence-corrected chi connectivity index (χ3v) is 2.64. The summed E-state index contributed by atoms with van der Waals surface area (Å²) >= 11 is 1.15. The van der Waals surface area contributed by atoms with Gasteiger partial charge in [-0.1, -0.05) is 0 Å². The van der Waals surface area contributed by atoms with E-state index in [1.165, 1.54) is 0 Å². The van der Waals surface area contributed by atoms with Gasteiger partial charge >= 0.3 is 18.6 Å². The number of halogens is 6.